The first-order valence-electron chi connectivity index (χ1n) is 7.92. The molecule has 21 heavy (non-hydrogen) atoms. The van der Waals surface area contributed by atoms with Gasteiger partial charge in [-0.2, -0.15) is 0 Å². The second kappa shape index (κ2) is 11.5. The van der Waals surface area contributed by atoms with Crippen molar-refractivity contribution in [2.45, 2.75) is 39.2 Å². The fourth-order valence-corrected chi connectivity index (χ4v) is 1.95. The number of anilines is 1. The normalized spacial score (nSPS) is 12.3. The number of hydrogen-bond donors (Lipinski definition) is 2. The van der Waals surface area contributed by atoms with Crippen molar-refractivity contribution in [1.82, 2.24) is 0 Å². The molecule has 0 saturated carbocycles. The number of aliphatic hydroxyl groups excluding tert-OH is 1. The molecule has 0 saturated heterocycles. The predicted octanol–water partition coefficient (Wildman–Crippen LogP) is 2.86. The van der Waals surface area contributed by atoms with Gasteiger partial charge in [0, 0.05) is 18.8 Å². The lowest BCUT2D eigenvalue weighted by Crippen LogP contribution is -2.25. The van der Waals surface area contributed by atoms with Crippen molar-refractivity contribution in [2.75, 3.05) is 38.3 Å². The van der Waals surface area contributed by atoms with E-state index in [9.17, 15) is 5.11 Å². The summed E-state index contributed by atoms with van der Waals surface area (Å²) < 4.78 is 10.5. The molecule has 0 aliphatic carbocycles. The van der Waals surface area contributed by atoms with Crippen LogP contribution in [0.4, 0.5) is 5.69 Å². The molecule has 0 amide bonds. The zero-order valence-electron chi connectivity index (χ0n) is 13.3. The van der Waals surface area contributed by atoms with Gasteiger partial charge in [-0.3, -0.25) is 0 Å². The number of aryl methyl sites for hydroxylation is 1. The molecule has 1 aromatic carbocycles. The molecule has 0 aromatic heterocycles. The molecule has 1 aromatic rings. The molecule has 0 fully saturated rings. The lowest BCUT2D eigenvalue weighted by Gasteiger charge is -2.13. The van der Waals surface area contributed by atoms with E-state index in [0.717, 1.165) is 12.1 Å². The highest BCUT2D eigenvalue weighted by Gasteiger charge is 2.04. The minimum atomic E-state index is -0.508. The van der Waals surface area contributed by atoms with E-state index in [-0.39, 0.29) is 0 Å². The van der Waals surface area contributed by atoms with Gasteiger partial charge in [0.25, 0.3) is 0 Å². The summed E-state index contributed by atoms with van der Waals surface area (Å²) in [6, 6.07) is 8.41. The maximum Gasteiger partial charge on any atom is 0.0945 e. The van der Waals surface area contributed by atoms with Crippen LogP contribution in [0.25, 0.3) is 0 Å². The van der Waals surface area contributed by atoms with E-state index >= 15 is 0 Å². The highest BCUT2D eigenvalue weighted by Crippen LogP contribution is 2.11. The molecule has 0 bridgehead atoms. The molecule has 1 atom stereocenters. The standard InChI is InChI=1S/C17H29NO3/c1-3-5-6-15-7-9-16(10-8-15)18-13-17(19)14-21-12-11-20-4-2/h7-10,17-19H,3-6,11-14H2,1-2H3. The van der Waals surface area contributed by atoms with Crippen molar-refractivity contribution >= 4 is 5.69 Å². The summed E-state index contributed by atoms with van der Waals surface area (Å²) in [5.74, 6) is 0. The van der Waals surface area contributed by atoms with Gasteiger partial charge in [-0.15, -0.1) is 0 Å². The Hall–Kier alpha value is -1.10. The minimum absolute atomic E-state index is 0.328. The zero-order chi connectivity index (χ0) is 15.3. The van der Waals surface area contributed by atoms with Crippen LogP contribution in [0.5, 0.6) is 0 Å². The van der Waals surface area contributed by atoms with Crippen LogP contribution < -0.4 is 5.32 Å². The first-order valence-corrected chi connectivity index (χ1v) is 7.92. The Morgan fingerprint density at radius 3 is 2.48 bits per heavy atom. The van der Waals surface area contributed by atoms with E-state index in [1.165, 1.54) is 18.4 Å². The van der Waals surface area contributed by atoms with Crippen LogP contribution in [0, 0.1) is 0 Å². The molecule has 0 heterocycles. The molecule has 4 nitrogen and oxygen atoms in total. The summed E-state index contributed by atoms with van der Waals surface area (Å²) in [6.45, 7) is 6.77. The Kier molecular flexibility index (Phi) is 9.87. The molecule has 0 spiro atoms. The smallest absolute Gasteiger partial charge is 0.0945 e. The number of rotatable bonds is 12. The summed E-state index contributed by atoms with van der Waals surface area (Å²) in [7, 11) is 0. The lowest BCUT2D eigenvalue weighted by atomic mass is 10.1. The third kappa shape index (κ3) is 8.71. The Labute approximate surface area is 128 Å². The highest BCUT2D eigenvalue weighted by molar-refractivity contribution is 5.44. The van der Waals surface area contributed by atoms with Crippen LogP contribution in [0.2, 0.25) is 0 Å². The zero-order valence-corrected chi connectivity index (χ0v) is 13.3. The molecule has 2 N–H and O–H groups in total. The van der Waals surface area contributed by atoms with Gasteiger partial charge >= 0.3 is 0 Å². The molecule has 4 heteroatoms. The summed E-state index contributed by atoms with van der Waals surface area (Å²) in [6.07, 6.45) is 3.07. The summed E-state index contributed by atoms with van der Waals surface area (Å²) in [5.41, 5.74) is 2.39. The molecular formula is C17H29NO3. The van der Waals surface area contributed by atoms with E-state index in [2.05, 4.69) is 36.5 Å². The molecular weight excluding hydrogens is 266 g/mol. The van der Waals surface area contributed by atoms with Crippen LogP contribution in [-0.4, -0.2) is 44.2 Å². The number of nitrogens with one attached hydrogen (secondary N) is 1. The number of aliphatic hydroxyl groups is 1. The number of hydrogen-bond acceptors (Lipinski definition) is 4. The second-order valence-corrected chi connectivity index (χ2v) is 5.11. The largest absolute Gasteiger partial charge is 0.389 e. The summed E-state index contributed by atoms with van der Waals surface area (Å²) >= 11 is 0. The molecule has 0 aliphatic heterocycles. The molecule has 1 rings (SSSR count). The van der Waals surface area contributed by atoms with Crippen molar-refractivity contribution in [3.63, 3.8) is 0 Å². The Balaban J connectivity index is 2.15. The topological polar surface area (TPSA) is 50.7 Å². The van der Waals surface area contributed by atoms with Gasteiger partial charge in [0.05, 0.1) is 25.9 Å². The third-order valence-electron chi connectivity index (χ3n) is 3.20. The van der Waals surface area contributed by atoms with Crippen molar-refractivity contribution in [2.24, 2.45) is 0 Å². The Morgan fingerprint density at radius 1 is 1.10 bits per heavy atom. The van der Waals surface area contributed by atoms with E-state index in [1.54, 1.807) is 0 Å². The highest BCUT2D eigenvalue weighted by atomic mass is 16.5. The predicted molar refractivity (Wildman–Crippen MR) is 86.9 cm³/mol. The molecule has 0 radical (unpaired) electrons. The summed E-state index contributed by atoms with van der Waals surface area (Å²) in [4.78, 5) is 0. The van der Waals surface area contributed by atoms with E-state index in [4.69, 9.17) is 9.47 Å². The van der Waals surface area contributed by atoms with Crippen molar-refractivity contribution in [3.05, 3.63) is 29.8 Å². The van der Waals surface area contributed by atoms with E-state index in [1.807, 2.05) is 6.92 Å². The minimum Gasteiger partial charge on any atom is -0.389 e. The Morgan fingerprint density at radius 2 is 1.81 bits per heavy atom. The van der Waals surface area contributed by atoms with Crippen molar-refractivity contribution in [3.8, 4) is 0 Å². The van der Waals surface area contributed by atoms with Crippen LogP contribution in [0.1, 0.15) is 32.3 Å². The quantitative estimate of drug-likeness (QED) is 0.582. The first-order chi connectivity index (χ1) is 10.3. The SMILES string of the molecule is CCCCc1ccc(NCC(O)COCCOCC)cc1. The number of unbranched alkanes of at least 4 members (excludes halogenated alkanes) is 1. The van der Waals surface area contributed by atoms with Gasteiger partial charge in [0.15, 0.2) is 0 Å². The van der Waals surface area contributed by atoms with Gasteiger partial charge in [0.2, 0.25) is 0 Å². The van der Waals surface area contributed by atoms with Crippen LogP contribution in [-0.2, 0) is 15.9 Å². The first kappa shape index (κ1) is 18.0. The maximum absolute atomic E-state index is 9.81. The van der Waals surface area contributed by atoms with E-state index in [0.29, 0.717) is 33.0 Å². The molecule has 120 valence electrons. The van der Waals surface area contributed by atoms with Gasteiger partial charge in [-0.25, -0.2) is 0 Å². The average Bonchev–Trinajstić information content (AvgIpc) is 2.51. The third-order valence-corrected chi connectivity index (χ3v) is 3.20. The van der Waals surface area contributed by atoms with Crippen LogP contribution >= 0.6 is 0 Å². The number of ether oxygens (including phenoxy) is 2. The second-order valence-electron chi connectivity index (χ2n) is 5.11. The lowest BCUT2D eigenvalue weighted by molar-refractivity contribution is 0.0103. The molecule has 1 unspecified atom stereocenters. The monoisotopic (exact) mass is 295 g/mol. The fourth-order valence-electron chi connectivity index (χ4n) is 1.95. The fraction of sp³-hybridized carbons (Fsp3) is 0.647. The van der Waals surface area contributed by atoms with Crippen LogP contribution in [0.3, 0.4) is 0 Å². The van der Waals surface area contributed by atoms with Crippen LogP contribution in [0.15, 0.2) is 24.3 Å². The van der Waals surface area contributed by atoms with Gasteiger partial charge in [0.1, 0.15) is 0 Å². The maximum atomic E-state index is 9.81. The van der Waals surface area contributed by atoms with Crippen molar-refractivity contribution < 1.29 is 14.6 Å². The van der Waals surface area contributed by atoms with E-state index < -0.39 is 6.10 Å². The van der Waals surface area contributed by atoms with Crippen molar-refractivity contribution in [1.29, 1.82) is 0 Å². The van der Waals surface area contributed by atoms with Gasteiger partial charge in [-0.1, -0.05) is 25.5 Å². The Bertz CT molecular complexity index is 354. The number of benzene rings is 1. The summed E-state index contributed by atoms with van der Waals surface area (Å²) in [5, 5.41) is 13.0. The van der Waals surface area contributed by atoms with Gasteiger partial charge < -0.3 is 19.9 Å². The van der Waals surface area contributed by atoms with Gasteiger partial charge in [-0.05, 0) is 37.5 Å². The molecule has 0 aliphatic rings. The average molecular weight is 295 g/mol.